The van der Waals surface area contributed by atoms with Crippen molar-refractivity contribution in [3.05, 3.63) is 57.2 Å². The first kappa shape index (κ1) is 14.7. The Labute approximate surface area is 125 Å². The Morgan fingerprint density at radius 1 is 1.33 bits per heavy atom. The molecule has 0 saturated heterocycles. The van der Waals surface area contributed by atoms with E-state index in [9.17, 15) is 14.9 Å². The predicted octanol–water partition coefficient (Wildman–Crippen LogP) is 2.94. The third kappa shape index (κ3) is 3.46. The van der Waals surface area contributed by atoms with E-state index < -0.39 is 10.8 Å². The number of amides is 1. The van der Waals surface area contributed by atoms with Crippen LogP contribution in [0, 0.1) is 10.1 Å². The van der Waals surface area contributed by atoms with Crippen LogP contribution in [0.25, 0.3) is 0 Å². The van der Waals surface area contributed by atoms with Crippen LogP contribution in [0.2, 0.25) is 5.02 Å². The minimum absolute atomic E-state index is 0.0747. The van der Waals surface area contributed by atoms with Gasteiger partial charge in [-0.3, -0.25) is 14.9 Å². The number of nitrogens with one attached hydrogen (secondary N) is 2. The largest absolute Gasteiger partial charge is 0.373 e. The number of rotatable bonds is 4. The number of pyridine rings is 1. The number of carbonyl (C=O) groups excluding carboxylic acids is 1. The fourth-order valence-corrected chi connectivity index (χ4v) is 1.77. The van der Waals surface area contributed by atoms with Gasteiger partial charge in [-0.1, -0.05) is 11.6 Å². The van der Waals surface area contributed by atoms with E-state index >= 15 is 0 Å². The van der Waals surface area contributed by atoms with Gasteiger partial charge in [0.2, 0.25) is 0 Å². The van der Waals surface area contributed by atoms with Crippen LogP contribution in [0.15, 0.2) is 36.5 Å². The zero-order valence-electron chi connectivity index (χ0n) is 11.0. The first-order valence-electron chi connectivity index (χ1n) is 5.90. The topological polar surface area (TPSA) is 97.2 Å². The van der Waals surface area contributed by atoms with Crippen molar-refractivity contribution in [2.24, 2.45) is 0 Å². The van der Waals surface area contributed by atoms with Gasteiger partial charge < -0.3 is 10.6 Å². The smallest absolute Gasteiger partial charge is 0.300 e. The molecule has 2 N–H and O–H groups in total. The van der Waals surface area contributed by atoms with Gasteiger partial charge in [0.05, 0.1) is 4.92 Å². The van der Waals surface area contributed by atoms with Crippen LogP contribution in [0.3, 0.4) is 0 Å². The molecule has 0 aliphatic carbocycles. The highest BCUT2D eigenvalue weighted by Crippen LogP contribution is 2.22. The number of aromatic nitrogens is 1. The molecule has 2 aromatic rings. The van der Waals surface area contributed by atoms with Gasteiger partial charge in [-0.25, -0.2) is 4.98 Å². The molecule has 0 bridgehead atoms. The Bertz CT molecular complexity index is 688. The summed E-state index contributed by atoms with van der Waals surface area (Å²) in [6.07, 6.45) is 1.04. The first-order valence-corrected chi connectivity index (χ1v) is 6.28. The summed E-state index contributed by atoms with van der Waals surface area (Å²) in [6, 6.07) is 7.75. The Hall–Kier alpha value is -2.67. The van der Waals surface area contributed by atoms with Crippen LogP contribution >= 0.6 is 11.6 Å². The molecule has 0 radical (unpaired) electrons. The fourth-order valence-electron chi connectivity index (χ4n) is 1.64. The summed E-state index contributed by atoms with van der Waals surface area (Å²) in [4.78, 5) is 26.3. The molecule has 21 heavy (non-hydrogen) atoms. The van der Waals surface area contributed by atoms with Crippen molar-refractivity contribution in [1.82, 2.24) is 4.98 Å². The van der Waals surface area contributed by atoms with Crippen LogP contribution in [-0.2, 0) is 0 Å². The molecule has 108 valence electrons. The van der Waals surface area contributed by atoms with Gasteiger partial charge in [0.25, 0.3) is 11.6 Å². The van der Waals surface area contributed by atoms with E-state index in [-0.39, 0.29) is 11.3 Å². The lowest BCUT2D eigenvalue weighted by molar-refractivity contribution is -0.385. The molecule has 8 heteroatoms. The molecule has 0 aliphatic rings. The van der Waals surface area contributed by atoms with Gasteiger partial charge in [-0.2, -0.15) is 0 Å². The second-order valence-corrected chi connectivity index (χ2v) is 4.49. The lowest BCUT2D eigenvalue weighted by atomic mass is 10.2. The van der Waals surface area contributed by atoms with E-state index in [1.54, 1.807) is 31.3 Å². The fraction of sp³-hybridized carbons (Fsp3) is 0.0769. The molecule has 1 aromatic carbocycles. The Balaban J connectivity index is 2.33. The van der Waals surface area contributed by atoms with E-state index in [0.717, 1.165) is 6.20 Å². The summed E-state index contributed by atoms with van der Waals surface area (Å²) in [6.45, 7) is 0. The minimum atomic E-state index is -0.650. The van der Waals surface area contributed by atoms with Gasteiger partial charge >= 0.3 is 0 Å². The number of halogens is 1. The summed E-state index contributed by atoms with van der Waals surface area (Å²) in [5, 5.41) is 16.8. The molecule has 0 spiro atoms. The number of anilines is 2. The molecule has 1 heterocycles. The Morgan fingerprint density at radius 3 is 2.57 bits per heavy atom. The van der Waals surface area contributed by atoms with Crippen LogP contribution in [0.4, 0.5) is 17.2 Å². The number of hydrogen-bond donors (Lipinski definition) is 2. The van der Waals surface area contributed by atoms with Crippen LogP contribution in [-0.4, -0.2) is 22.9 Å². The standard InChI is InChI=1S/C13H11ClN4O3/c1-15-12-6-10(11(7-16-12)18(20)21)13(19)17-9-4-2-8(14)3-5-9/h2-7H,1H3,(H,15,16)(H,17,19). The quantitative estimate of drug-likeness (QED) is 0.668. The summed E-state index contributed by atoms with van der Waals surface area (Å²) in [5.74, 6) is -0.232. The number of benzene rings is 1. The van der Waals surface area contributed by atoms with E-state index in [0.29, 0.717) is 16.5 Å². The summed E-state index contributed by atoms with van der Waals surface area (Å²) in [5.41, 5.74) is 0.0521. The average molecular weight is 307 g/mol. The molecule has 0 saturated carbocycles. The van der Waals surface area contributed by atoms with Crippen molar-refractivity contribution in [3.63, 3.8) is 0 Å². The van der Waals surface area contributed by atoms with Gasteiger partial charge in [0, 0.05) is 23.8 Å². The predicted molar refractivity (Wildman–Crippen MR) is 79.8 cm³/mol. The van der Waals surface area contributed by atoms with Gasteiger partial charge in [-0.05, 0) is 24.3 Å². The van der Waals surface area contributed by atoms with Gasteiger partial charge in [0.15, 0.2) is 0 Å². The summed E-state index contributed by atoms with van der Waals surface area (Å²) >= 11 is 5.75. The zero-order chi connectivity index (χ0) is 15.4. The van der Waals surface area contributed by atoms with Gasteiger partial charge in [0.1, 0.15) is 17.6 Å². The maximum atomic E-state index is 12.2. The second-order valence-electron chi connectivity index (χ2n) is 4.05. The van der Waals surface area contributed by atoms with Crippen molar-refractivity contribution in [2.45, 2.75) is 0 Å². The maximum absolute atomic E-state index is 12.2. The zero-order valence-corrected chi connectivity index (χ0v) is 11.7. The average Bonchev–Trinajstić information content (AvgIpc) is 2.48. The second kappa shape index (κ2) is 6.19. The van der Waals surface area contributed by atoms with Crippen molar-refractivity contribution in [1.29, 1.82) is 0 Å². The molecule has 1 amide bonds. The van der Waals surface area contributed by atoms with Crippen molar-refractivity contribution >= 4 is 34.7 Å². The highest BCUT2D eigenvalue weighted by molar-refractivity contribution is 6.30. The molecule has 0 atom stereocenters. The highest BCUT2D eigenvalue weighted by atomic mass is 35.5. The highest BCUT2D eigenvalue weighted by Gasteiger charge is 2.21. The van der Waals surface area contributed by atoms with E-state index in [1.165, 1.54) is 6.07 Å². The summed E-state index contributed by atoms with van der Waals surface area (Å²) < 4.78 is 0. The van der Waals surface area contributed by atoms with Gasteiger partial charge in [-0.15, -0.1) is 0 Å². The monoisotopic (exact) mass is 306 g/mol. The minimum Gasteiger partial charge on any atom is -0.373 e. The Morgan fingerprint density at radius 2 is 2.00 bits per heavy atom. The number of hydrogen-bond acceptors (Lipinski definition) is 5. The number of nitrogens with zero attached hydrogens (tertiary/aromatic N) is 2. The molecular weight excluding hydrogens is 296 g/mol. The molecule has 0 aliphatic heterocycles. The first-order chi connectivity index (χ1) is 10.0. The van der Waals surface area contributed by atoms with E-state index in [1.807, 2.05) is 0 Å². The SMILES string of the molecule is CNc1cc(C(=O)Nc2ccc(Cl)cc2)c([N+](=O)[O-])cn1. The van der Waals surface area contributed by atoms with Crippen molar-refractivity contribution < 1.29 is 9.72 Å². The normalized spacial score (nSPS) is 10.0. The third-order valence-electron chi connectivity index (χ3n) is 2.68. The van der Waals surface area contributed by atoms with Crippen molar-refractivity contribution in [3.8, 4) is 0 Å². The van der Waals surface area contributed by atoms with Crippen LogP contribution in [0.1, 0.15) is 10.4 Å². The van der Waals surface area contributed by atoms with Crippen LogP contribution in [0.5, 0.6) is 0 Å². The maximum Gasteiger partial charge on any atom is 0.300 e. The molecule has 0 fully saturated rings. The van der Waals surface area contributed by atoms with E-state index in [2.05, 4.69) is 15.6 Å². The molecule has 2 rings (SSSR count). The molecule has 7 nitrogen and oxygen atoms in total. The lowest BCUT2D eigenvalue weighted by Gasteiger charge is -2.07. The Kier molecular flexibility index (Phi) is 4.34. The summed E-state index contributed by atoms with van der Waals surface area (Å²) in [7, 11) is 1.61. The van der Waals surface area contributed by atoms with E-state index in [4.69, 9.17) is 11.6 Å². The van der Waals surface area contributed by atoms with Crippen LogP contribution < -0.4 is 10.6 Å². The molecule has 1 aromatic heterocycles. The third-order valence-corrected chi connectivity index (χ3v) is 2.93. The number of carbonyl (C=O) groups is 1. The lowest BCUT2D eigenvalue weighted by Crippen LogP contribution is -2.14. The number of nitro groups is 1. The molecule has 0 unspecified atom stereocenters. The van der Waals surface area contributed by atoms with Crippen molar-refractivity contribution in [2.75, 3.05) is 17.7 Å². The molecular formula is C13H11ClN4O3.